The first kappa shape index (κ1) is 10.3. The minimum atomic E-state index is -0.428. The highest BCUT2D eigenvalue weighted by Gasteiger charge is 2.29. The van der Waals surface area contributed by atoms with Gasteiger partial charge in [-0.1, -0.05) is 12.1 Å². The van der Waals surface area contributed by atoms with E-state index in [4.69, 9.17) is 4.74 Å². The quantitative estimate of drug-likeness (QED) is 0.544. The van der Waals surface area contributed by atoms with Gasteiger partial charge in [0.1, 0.15) is 5.75 Å². The summed E-state index contributed by atoms with van der Waals surface area (Å²) in [5.41, 5.74) is 2.19. The SMILES string of the molecule is O=C1CC(c2ccc3c(c2)CCO3)CC(=O)O1. The maximum absolute atomic E-state index is 11.2. The summed E-state index contributed by atoms with van der Waals surface area (Å²) in [6, 6.07) is 5.89. The second kappa shape index (κ2) is 3.87. The van der Waals surface area contributed by atoms with Crippen LogP contribution in [-0.2, 0) is 20.7 Å². The molecule has 1 aromatic rings. The smallest absolute Gasteiger partial charge is 0.314 e. The van der Waals surface area contributed by atoms with Gasteiger partial charge >= 0.3 is 11.9 Å². The van der Waals surface area contributed by atoms with Crippen LogP contribution in [-0.4, -0.2) is 18.5 Å². The van der Waals surface area contributed by atoms with Gasteiger partial charge in [0.25, 0.3) is 0 Å². The lowest BCUT2D eigenvalue weighted by Crippen LogP contribution is -2.24. The van der Waals surface area contributed by atoms with Crippen molar-refractivity contribution >= 4 is 11.9 Å². The molecule has 2 aliphatic rings. The fraction of sp³-hybridized carbons (Fsp3) is 0.385. The minimum absolute atomic E-state index is 0.0466. The fourth-order valence-electron chi connectivity index (χ4n) is 2.38. The molecule has 17 heavy (non-hydrogen) atoms. The molecule has 0 radical (unpaired) electrons. The number of benzene rings is 1. The number of carbonyl (C=O) groups is 2. The van der Waals surface area contributed by atoms with Crippen LogP contribution in [0.4, 0.5) is 0 Å². The Morgan fingerprint density at radius 1 is 1.12 bits per heavy atom. The molecule has 4 heteroatoms. The first-order valence-electron chi connectivity index (χ1n) is 5.71. The van der Waals surface area contributed by atoms with E-state index in [9.17, 15) is 9.59 Å². The molecule has 3 rings (SSSR count). The average Bonchev–Trinajstić information content (AvgIpc) is 2.74. The van der Waals surface area contributed by atoms with Crippen LogP contribution in [0.5, 0.6) is 5.75 Å². The number of rotatable bonds is 1. The zero-order valence-corrected chi connectivity index (χ0v) is 9.27. The molecule has 0 spiro atoms. The third-order valence-electron chi connectivity index (χ3n) is 3.24. The molecule has 0 N–H and O–H groups in total. The maximum Gasteiger partial charge on any atom is 0.314 e. The Morgan fingerprint density at radius 3 is 2.65 bits per heavy atom. The Labute approximate surface area is 98.5 Å². The molecule has 0 atom stereocenters. The molecule has 0 saturated carbocycles. The Hall–Kier alpha value is -1.84. The van der Waals surface area contributed by atoms with Crippen LogP contribution in [0.25, 0.3) is 0 Å². The summed E-state index contributed by atoms with van der Waals surface area (Å²) in [5, 5.41) is 0. The Kier molecular flexibility index (Phi) is 2.35. The van der Waals surface area contributed by atoms with Gasteiger partial charge in [0.2, 0.25) is 0 Å². The lowest BCUT2D eigenvalue weighted by atomic mass is 9.90. The van der Waals surface area contributed by atoms with Crippen LogP contribution in [0.3, 0.4) is 0 Å². The van der Waals surface area contributed by atoms with Crippen molar-refractivity contribution in [3.05, 3.63) is 29.3 Å². The Balaban J connectivity index is 1.88. The van der Waals surface area contributed by atoms with E-state index in [-0.39, 0.29) is 18.8 Å². The topological polar surface area (TPSA) is 52.6 Å². The lowest BCUT2D eigenvalue weighted by molar-refractivity contribution is -0.163. The fourth-order valence-corrected chi connectivity index (χ4v) is 2.38. The van der Waals surface area contributed by atoms with Gasteiger partial charge in [-0.25, -0.2) is 0 Å². The van der Waals surface area contributed by atoms with Gasteiger partial charge in [0.15, 0.2) is 0 Å². The Morgan fingerprint density at radius 2 is 1.88 bits per heavy atom. The van der Waals surface area contributed by atoms with E-state index in [1.165, 1.54) is 0 Å². The van der Waals surface area contributed by atoms with Gasteiger partial charge in [0, 0.05) is 12.3 Å². The molecule has 2 heterocycles. The maximum atomic E-state index is 11.2. The zero-order chi connectivity index (χ0) is 11.8. The van der Waals surface area contributed by atoms with Crippen LogP contribution in [0.2, 0.25) is 0 Å². The summed E-state index contributed by atoms with van der Waals surface area (Å²) in [6.45, 7) is 0.713. The minimum Gasteiger partial charge on any atom is -0.493 e. The first-order chi connectivity index (χ1) is 8.22. The first-order valence-corrected chi connectivity index (χ1v) is 5.71. The second-order valence-electron chi connectivity index (χ2n) is 4.42. The molecular weight excluding hydrogens is 220 g/mol. The van der Waals surface area contributed by atoms with Crippen molar-refractivity contribution in [2.45, 2.75) is 25.2 Å². The second-order valence-corrected chi connectivity index (χ2v) is 4.42. The van der Waals surface area contributed by atoms with Crippen molar-refractivity contribution in [2.24, 2.45) is 0 Å². The highest BCUT2D eigenvalue weighted by atomic mass is 16.6. The summed E-state index contributed by atoms with van der Waals surface area (Å²) in [4.78, 5) is 22.4. The van der Waals surface area contributed by atoms with E-state index in [1.807, 2.05) is 18.2 Å². The predicted molar refractivity (Wildman–Crippen MR) is 58.7 cm³/mol. The van der Waals surface area contributed by atoms with Crippen LogP contribution in [0.15, 0.2) is 18.2 Å². The van der Waals surface area contributed by atoms with Crippen LogP contribution >= 0.6 is 0 Å². The molecule has 0 amide bonds. The number of hydrogen-bond donors (Lipinski definition) is 0. The number of fused-ring (bicyclic) bond motifs is 1. The number of carbonyl (C=O) groups excluding carboxylic acids is 2. The summed E-state index contributed by atoms with van der Waals surface area (Å²) in [7, 11) is 0. The Bertz CT molecular complexity index is 476. The van der Waals surface area contributed by atoms with Crippen molar-refractivity contribution in [3.63, 3.8) is 0 Å². The van der Waals surface area contributed by atoms with E-state index >= 15 is 0 Å². The normalized spacial score (nSPS) is 19.8. The largest absolute Gasteiger partial charge is 0.493 e. The third kappa shape index (κ3) is 1.90. The van der Waals surface area contributed by atoms with Gasteiger partial charge in [-0.2, -0.15) is 0 Å². The lowest BCUT2D eigenvalue weighted by Gasteiger charge is -2.20. The van der Waals surface area contributed by atoms with Crippen LogP contribution in [0, 0.1) is 0 Å². The highest BCUT2D eigenvalue weighted by Crippen LogP contribution is 2.33. The predicted octanol–water partition coefficient (Wildman–Crippen LogP) is 1.57. The average molecular weight is 232 g/mol. The van der Waals surface area contributed by atoms with Crippen LogP contribution in [0.1, 0.15) is 29.9 Å². The van der Waals surface area contributed by atoms with Crippen LogP contribution < -0.4 is 4.74 Å². The van der Waals surface area contributed by atoms with Crippen molar-refractivity contribution < 1.29 is 19.1 Å². The van der Waals surface area contributed by atoms with E-state index in [1.54, 1.807) is 0 Å². The third-order valence-corrected chi connectivity index (χ3v) is 3.24. The van der Waals surface area contributed by atoms with Gasteiger partial charge in [-0.15, -0.1) is 0 Å². The molecule has 0 unspecified atom stereocenters. The number of ether oxygens (including phenoxy) is 2. The molecule has 2 aliphatic heterocycles. The van der Waals surface area contributed by atoms with Gasteiger partial charge in [-0.3, -0.25) is 9.59 Å². The number of hydrogen-bond acceptors (Lipinski definition) is 4. The molecule has 0 aromatic heterocycles. The van der Waals surface area contributed by atoms with Gasteiger partial charge < -0.3 is 9.47 Å². The molecule has 88 valence electrons. The van der Waals surface area contributed by atoms with E-state index < -0.39 is 11.9 Å². The van der Waals surface area contributed by atoms with Gasteiger partial charge in [-0.05, 0) is 17.2 Å². The van der Waals surface area contributed by atoms with Crippen molar-refractivity contribution in [1.29, 1.82) is 0 Å². The summed E-state index contributed by atoms with van der Waals surface area (Å²) in [6.07, 6.45) is 1.46. The highest BCUT2D eigenvalue weighted by molar-refractivity contribution is 5.89. The van der Waals surface area contributed by atoms with Crippen molar-refractivity contribution in [1.82, 2.24) is 0 Å². The summed E-state index contributed by atoms with van der Waals surface area (Å²) >= 11 is 0. The standard InChI is InChI=1S/C13H12O4/c14-12-6-10(7-13(15)17-12)8-1-2-11-9(5-8)3-4-16-11/h1-2,5,10H,3-4,6-7H2. The number of cyclic esters (lactones) is 2. The molecule has 1 fully saturated rings. The monoisotopic (exact) mass is 232 g/mol. The zero-order valence-electron chi connectivity index (χ0n) is 9.27. The molecule has 0 aliphatic carbocycles. The molecule has 1 saturated heterocycles. The van der Waals surface area contributed by atoms with Crippen molar-refractivity contribution in [2.75, 3.05) is 6.61 Å². The summed E-state index contributed by atoms with van der Waals surface area (Å²) < 4.78 is 9.95. The van der Waals surface area contributed by atoms with Gasteiger partial charge in [0.05, 0.1) is 19.4 Å². The van der Waals surface area contributed by atoms with Crippen molar-refractivity contribution in [3.8, 4) is 5.75 Å². The van der Waals surface area contributed by atoms with E-state index in [0.717, 1.165) is 23.3 Å². The molecular formula is C13H12O4. The van der Waals surface area contributed by atoms with E-state index in [0.29, 0.717) is 6.61 Å². The number of esters is 2. The molecule has 0 bridgehead atoms. The molecule has 4 nitrogen and oxygen atoms in total. The van der Waals surface area contributed by atoms with E-state index in [2.05, 4.69) is 4.74 Å². The summed E-state index contributed by atoms with van der Waals surface area (Å²) in [5.74, 6) is 0.0131. The molecule has 1 aromatic carbocycles.